The molecule has 0 amide bonds. The summed E-state index contributed by atoms with van der Waals surface area (Å²) in [5.74, 6) is 2.53. The zero-order chi connectivity index (χ0) is 15.2. The minimum atomic E-state index is 0.310. The average Bonchev–Trinajstić information content (AvgIpc) is 2.50. The fourth-order valence-electron chi connectivity index (χ4n) is 3.11. The van der Waals surface area contributed by atoms with Crippen LogP contribution in [0.4, 0.5) is 0 Å². The third-order valence-electron chi connectivity index (χ3n) is 4.75. The smallest absolute Gasteiger partial charge is 0.119 e. The second-order valence-electron chi connectivity index (χ2n) is 6.41. The van der Waals surface area contributed by atoms with Crippen molar-refractivity contribution in [2.45, 2.75) is 39.7 Å². The number of hydrogen-bond acceptors (Lipinski definition) is 3. The lowest BCUT2D eigenvalue weighted by Crippen LogP contribution is -2.43. The Morgan fingerprint density at radius 3 is 2.81 bits per heavy atom. The van der Waals surface area contributed by atoms with E-state index in [9.17, 15) is 0 Å². The van der Waals surface area contributed by atoms with Gasteiger partial charge in [-0.25, -0.2) is 0 Å². The van der Waals surface area contributed by atoms with Gasteiger partial charge in [-0.15, -0.1) is 0 Å². The molecule has 1 aromatic rings. The molecule has 0 saturated carbocycles. The molecule has 118 valence electrons. The highest BCUT2D eigenvalue weighted by molar-refractivity contribution is 5.31. The van der Waals surface area contributed by atoms with Crippen molar-refractivity contribution in [1.29, 1.82) is 0 Å². The molecule has 1 aliphatic rings. The highest BCUT2D eigenvalue weighted by atomic mass is 16.5. The van der Waals surface area contributed by atoms with Gasteiger partial charge in [0.15, 0.2) is 0 Å². The van der Waals surface area contributed by atoms with E-state index in [1.165, 1.54) is 12.0 Å². The van der Waals surface area contributed by atoms with E-state index in [0.29, 0.717) is 12.6 Å². The summed E-state index contributed by atoms with van der Waals surface area (Å²) in [6.07, 6.45) is 2.30. The lowest BCUT2D eigenvalue weighted by molar-refractivity contribution is 0.0982. The standard InChI is InChI=1S/C18H30N2O/c1-4-10-21-17-7-5-6-16(11-17)18(12-19)20-9-8-14(2)15(3)13-20/h5-7,11,14-15,18H,4,8-10,12-13,19H2,1-3H3. The molecular formula is C18H30N2O. The van der Waals surface area contributed by atoms with Crippen LogP contribution in [0, 0.1) is 11.8 Å². The van der Waals surface area contributed by atoms with Crippen LogP contribution in [0.5, 0.6) is 5.75 Å². The number of nitrogens with two attached hydrogens (primary N) is 1. The van der Waals surface area contributed by atoms with Crippen LogP contribution in [0.1, 0.15) is 45.2 Å². The van der Waals surface area contributed by atoms with Gasteiger partial charge in [0, 0.05) is 19.1 Å². The average molecular weight is 290 g/mol. The Balaban J connectivity index is 2.09. The third kappa shape index (κ3) is 4.21. The Kier molecular flexibility index (Phi) is 6.07. The summed E-state index contributed by atoms with van der Waals surface area (Å²) in [5, 5.41) is 0. The summed E-state index contributed by atoms with van der Waals surface area (Å²) < 4.78 is 5.76. The van der Waals surface area contributed by atoms with Crippen molar-refractivity contribution in [2.24, 2.45) is 17.6 Å². The van der Waals surface area contributed by atoms with Crippen LogP contribution in [-0.2, 0) is 0 Å². The molecule has 1 aliphatic heterocycles. The van der Waals surface area contributed by atoms with Crippen molar-refractivity contribution in [2.75, 3.05) is 26.2 Å². The summed E-state index contributed by atoms with van der Waals surface area (Å²) in [6.45, 7) is 10.6. The Labute approximate surface area is 129 Å². The van der Waals surface area contributed by atoms with Crippen molar-refractivity contribution in [3.05, 3.63) is 29.8 Å². The van der Waals surface area contributed by atoms with Crippen LogP contribution >= 0.6 is 0 Å². The zero-order valence-electron chi connectivity index (χ0n) is 13.7. The molecule has 1 aromatic carbocycles. The number of nitrogens with zero attached hydrogens (tertiary/aromatic N) is 1. The summed E-state index contributed by atoms with van der Waals surface area (Å²) in [5.41, 5.74) is 7.37. The molecular weight excluding hydrogens is 260 g/mol. The Morgan fingerprint density at radius 1 is 1.33 bits per heavy atom. The summed E-state index contributed by atoms with van der Waals surface area (Å²) in [4.78, 5) is 2.55. The van der Waals surface area contributed by atoms with Crippen molar-refractivity contribution >= 4 is 0 Å². The van der Waals surface area contributed by atoms with E-state index in [0.717, 1.165) is 43.7 Å². The zero-order valence-corrected chi connectivity index (χ0v) is 13.7. The molecule has 21 heavy (non-hydrogen) atoms. The van der Waals surface area contributed by atoms with Crippen LogP contribution in [0.3, 0.4) is 0 Å². The number of piperidine rings is 1. The first-order valence-electron chi connectivity index (χ1n) is 8.32. The molecule has 2 N–H and O–H groups in total. The normalized spacial score (nSPS) is 24.8. The van der Waals surface area contributed by atoms with E-state index >= 15 is 0 Å². The van der Waals surface area contributed by atoms with E-state index in [1.54, 1.807) is 0 Å². The molecule has 1 fully saturated rings. The van der Waals surface area contributed by atoms with Gasteiger partial charge in [-0.1, -0.05) is 32.9 Å². The van der Waals surface area contributed by atoms with Crippen molar-refractivity contribution in [1.82, 2.24) is 4.90 Å². The van der Waals surface area contributed by atoms with E-state index in [-0.39, 0.29) is 0 Å². The Morgan fingerprint density at radius 2 is 2.14 bits per heavy atom. The number of rotatable bonds is 6. The second kappa shape index (κ2) is 7.81. The van der Waals surface area contributed by atoms with E-state index in [2.05, 4.69) is 43.9 Å². The fraction of sp³-hybridized carbons (Fsp3) is 0.667. The molecule has 3 unspecified atom stereocenters. The molecule has 1 saturated heterocycles. The maximum absolute atomic E-state index is 6.08. The second-order valence-corrected chi connectivity index (χ2v) is 6.41. The molecule has 3 atom stereocenters. The van der Waals surface area contributed by atoms with Gasteiger partial charge in [0.25, 0.3) is 0 Å². The summed E-state index contributed by atoms with van der Waals surface area (Å²) in [7, 11) is 0. The van der Waals surface area contributed by atoms with Gasteiger partial charge in [-0.2, -0.15) is 0 Å². The van der Waals surface area contributed by atoms with Gasteiger partial charge in [0.1, 0.15) is 5.75 Å². The molecule has 1 heterocycles. The maximum atomic E-state index is 6.08. The predicted molar refractivity (Wildman–Crippen MR) is 88.5 cm³/mol. The van der Waals surface area contributed by atoms with Crippen LogP contribution in [0.25, 0.3) is 0 Å². The van der Waals surface area contributed by atoms with Crippen LogP contribution in [0.2, 0.25) is 0 Å². The van der Waals surface area contributed by atoms with E-state index in [4.69, 9.17) is 10.5 Å². The Hall–Kier alpha value is -1.06. The molecule has 3 nitrogen and oxygen atoms in total. The van der Waals surface area contributed by atoms with E-state index in [1.807, 2.05) is 6.07 Å². The van der Waals surface area contributed by atoms with Crippen molar-refractivity contribution in [3.63, 3.8) is 0 Å². The van der Waals surface area contributed by atoms with Gasteiger partial charge >= 0.3 is 0 Å². The molecule has 0 radical (unpaired) electrons. The summed E-state index contributed by atoms with van der Waals surface area (Å²) >= 11 is 0. The lowest BCUT2D eigenvalue weighted by atomic mass is 9.87. The highest BCUT2D eigenvalue weighted by Crippen LogP contribution is 2.30. The topological polar surface area (TPSA) is 38.5 Å². The first-order chi connectivity index (χ1) is 10.2. The quantitative estimate of drug-likeness (QED) is 0.872. The van der Waals surface area contributed by atoms with Gasteiger partial charge in [-0.3, -0.25) is 4.90 Å². The minimum absolute atomic E-state index is 0.310. The number of hydrogen-bond donors (Lipinski definition) is 1. The monoisotopic (exact) mass is 290 g/mol. The Bertz CT molecular complexity index is 435. The fourth-order valence-corrected chi connectivity index (χ4v) is 3.11. The minimum Gasteiger partial charge on any atom is -0.494 e. The van der Waals surface area contributed by atoms with E-state index < -0.39 is 0 Å². The highest BCUT2D eigenvalue weighted by Gasteiger charge is 2.28. The lowest BCUT2D eigenvalue weighted by Gasteiger charge is -2.40. The number of ether oxygens (including phenoxy) is 1. The van der Waals surface area contributed by atoms with Crippen LogP contribution < -0.4 is 10.5 Å². The first-order valence-corrected chi connectivity index (χ1v) is 8.32. The molecule has 2 rings (SSSR count). The molecule has 0 bridgehead atoms. The van der Waals surface area contributed by atoms with Crippen molar-refractivity contribution < 1.29 is 4.74 Å². The van der Waals surface area contributed by atoms with Gasteiger partial charge in [0.05, 0.1) is 6.61 Å². The van der Waals surface area contributed by atoms with Gasteiger partial charge < -0.3 is 10.5 Å². The SMILES string of the molecule is CCCOc1cccc(C(CN)N2CCC(C)C(C)C2)c1. The first kappa shape index (κ1) is 16.3. The molecule has 3 heteroatoms. The number of benzene rings is 1. The van der Waals surface area contributed by atoms with Gasteiger partial charge in [0.2, 0.25) is 0 Å². The summed E-state index contributed by atoms with van der Waals surface area (Å²) in [6, 6.07) is 8.77. The molecule has 0 aliphatic carbocycles. The largest absolute Gasteiger partial charge is 0.494 e. The molecule has 0 spiro atoms. The maximum Gasteiger partial charge on any atom is 0.119 e. The number of likely N-dealkylation sites (tertiary alicyclic amines) is 1. The predicted octanol–water partition coefficient (Wildman–Crippen LogP) is 3.45. The van der Waals surface area contributed by atoms with Gasteiger partial charge in [-0.05, 0) is 48.9 Å². The third-order valence-corrected chi connectivity index (χ3v) is 4.75. The molecule has 0 aromatic heterocycles. The van der Waals surface area contributed by atoms with Crippen molar-refractivity contribution in [3.8, 4) is 5.75 Å². The van der Waals surface area contributed by atoms with Crippen LogP contribution in [-0.4, -0.2) is 31.1 Å². The van der Waals surface area contributed by atoms with Crippen LogP contribution in [0.15, 0.2) is 24.3 Å².